The second kappa shape index (κ2) is 29.1. The molecule has 1 heterocycles. The third-order valence-corrected chi connectivity index (χ3v) is 27.6. The van der Waals surface area contributed by atoms with Crippen LogP contribution >= 0.6 is 0 Å². The fourth-order valence-electron chi connectivity index (χ4n) is 8.15. The van der Waals surface area contributed by atoms with Crippen LogP contribution in [0.5, 0.6) is 0 Å². The molecule has 0 saturated carbocycles. The molecule has 1 aliphatic rings. The van der Waals surface area contributed by atoms with E-state index in [1.165, 1.54) is 7.11 Å². The molecular formula is C56H106O12Si4. The maximum absolute atomic E-state index is 15.6. The summed E-state index contributed by atoms with van der Waals surface area (Å²) in [6.45, 7) is 50.2. The van der Waals surface area contributed by atoms with Crippen molar-refractivity contribution in [3.8, 4) is 0 Å². The number of ketones is 3. The zero-order valence-electron chi connectivity index (χ0n) is 50.2. The van der Waals surface area contributed by atoms with Crippen molar-refractivity contribution in [2.24, 2.45) is 35.5 Å². The van der Waals surface area contributed by atoms with Gasteiger partial charge in [-0.3, -0.25) is 14.4 Å². The smallest absolute Gasteiger partial charge is 0.336 e. The molecule has 1 aliphatic heterocycles. The van der Waals surface area contributed by atoms with Gasteiger partial charge in [0.15, 0.2) is 22.7 Å². The monoisotopic (exact) mass is 1080 g/mol. The number of carbonyl (C=O) groups is 4. The Balaban J connectivity index is 4.40. The Bertz CT molecular complexity index is 1820. The first-order valence-corrected chi connectivity index (χ1v) is 40.0. The lowest BCUT2D eigenvalue weighted by Gasteiger charge is -2.43. The molecule has 1 unspecified atom stereocenters. The Kier molecular flexibility index (Phi) is 27.6. The summed E-state index contributed by atoms with van der Waals surface area (Å²) in [5.74, 6) is -5.55. The molecule has 0 amide bonds. The lowest BCUT2D eigenvalue weighted by Crippen LogP contribution is -2.54. The summed E-state index contributed by atoms with van der Waals surface area (Å²) in [7, 11) is -6.67. The maximum Gasteiger partial charge on any atom is 0.336 e. The number of rotatable bonds is 21. The van der Waals surface area contributed by atoms with E-state index in [4.69, 9.17) is 37.3 Å². The Morgan fingerprint density at radius 3 is 1.72 bits per heavy atom. The van der Waals surface area contributed by atoms with E-state index in [0.29, 0.717) is 13.2 Å². The zero-order chi connectivity index (χ0) is 56.0. The van der Waals surface area contributed by atoms with E-state index >= 15 is 14.4 Å². The van der Waals surface area contributed by atoms with E-state index in [2.05, 4.69) is 93.9 Å². The van der Waals surface area contributed by atoms with E-state index in [1.54, 1.807) is 13.8 Å². The van der Waals surface area contributed by atoms with Gasteiger partial charge in [-0.15, -0.1) is 0 Å². The molecule has 418 valence electrons. The molecule has 0 bridgehead atoms. The third-order valence-electron chi connectivity index (χ3n) is 15.3. The highest BCUT2D eigenvalue weighted by molar-refractivity contribution is 6.76. The van der Waals surface area contributed by atoms with E-state index in [0.717, 1.165) is 23.2 Å². The lowest BCUT2D eigenvalue weighted by molar-refractivity contribution is -0.169. The van der Waals surface area contributed by atoms with Gasteiger partial charge in [0.05, 0.1) is 24.2 Å². The van der Waals surface area contributed by atoms with Gasteiger partial charge in [-0.25, -0.2) is 4.79 Å². The van der Waals surface area contributed by atoms with Crippen LogP contribution in [0.3, 0.4) is 0 Å². The molecule has 0 aromatic heterocycles. The minimum absolute atomic E-state index is 0.0127. The van der Waals surface area contributed by atoms with Crippen molar-refractivity contribution in [3.63, 3.8) is 0 Å². The third kappa shape index (κ3) is 22.1. The van der Waals surface area contributed by atoms with Crippen molar-refractivity contribution in [3.05, 3.63) is 35.5 Å². The van der Waals surface area contributed by atoms with Gasteiger partial charge in [0.25, 0.3) is 0 Å². The summed E-state index contributed by atoms with van der Waals surface area (Å²) in [4.78, 5) is 60.3. The molecule has 0 aromatic carbocycles. The van der Waals surface area contributed by atoms with Crippen LogP contribution in [-0.2, 0) is 56.5 Å². The van der Waals surface area contributed by atoms with Gasteiger partial charge in [-0.2, -0.15) is 0 Å². The molecule has 0 saturated heterocycles. The highest BCUT2D eigenvalue weighted by atomic mass is 28.4. The number of Topliss-reactive ketones (excluding diaryl/α,β-unsaturated/α-hetero) is 3. The first kappa shape index (κ1) is 68.3. The summed E-state index contributed by atoms with van der Waals surface area (Å²) in [6.07, 6.45) is 2.97. The second-order valence-electron chi connectivity index (χ2n) is 26.3. The molecule has 1 rings (SSSR count). The van der Waals surface area contributed by atoms with Gasteiger partial charge in [-0.1, -0.05) is 140 Å². The SMILES string of the molecule is C/C=C\[C@H](C)/C=C(\C)C(OCOCC[Si](C)(C)C)[C@H]1COC(=O)[C@H](O[Si](C)(C)C(C)(C)C)[C@@H](OC)[C@H](C)C(=O)[C@H](C)[C@@H](O[Si](C)(C)C(C)(C)C)/C(C)=C/[C@H](C)C(=O)C[C@H](OCOCC[Si](C)(C)C)[C@@H](C)C1=O. The number of esters is 1. The average Bonchev–Trinajstić information content (AvgIpc) is 3.23. The van der Waals surface area contributed by atoms with Crippen LogP contribution in [0.4, 0.5) is 0 Å². The molecular weight excluding hydrogens is 977 g/mol. The Morgan fingerprint density at radius 1 is 0.750 bits per heavy atom. The minimum Gasteiger partial charge on any atom is -0.463 e. The van der Waals surface area contributed by atoms with Gasteiger partial charge < -0.3 is 37.3 Å². The molecule has 12 nitrogen and oxygen atoms in total. The lowest BCUT2D eigenvalue weighted by atomic mass is 9.81. The van der Waals surface area contributed by atoms with Crippen molar-refractivity contribution in [1.82, 2.24) is 0 Å². The van der Waals surface area contributed by atoms with Gasteiger partial charge >= 0.3 is 5.97 Å². The largest absolute Gasteiger partial charge is 0.463 e. The summed E-state index contributed by atoms with van der Waals surface area (Å²) in [5, 5.41) is -0.528. The average molecular weight is 1080 g/mol. The zero-order valence-corrected chi connectivity index (χ0v) is 54.2. The summed E-state index contributed by atoms with van der Waals surface area (Å²) < 4.78 is 51.9. The summed E-state index contributed by atoms with van der Waals surface area (Å²) in [5.41, 5.74) is 1.50. The number of carbonyl (C=O) groups excluding carboxylic acids is 4. The summed E-state index contributed by atoms with van der Waals surface area (Å²) >= 11 is 0. The van der Waals surface area contributed by atoms with Crippen molar-refractivity contribution < 1.29 is 56.5 Å². The van der Waals surface area contributed by atoms with Crippen molar-refractivity contribution in [1.29, 1.82) is 0 Å². The molecule has 72 heavy (non-hydrogen) atoms. The fraction of sp³-hybridized carbons (Fsp3) is 0.821. The Hall–Kier alpha value is -1.71. The number of cyclic esters (lactones) is 1. The predicted octanol–water partition coefficient (Wildman–Crippen LogP) is 13.1. The minimum atomic E-state index is -2.77. The molecule has 0 aromatic rings. The topological polar surface area (TPSA) is 142 Å². The number of hydrogen-bond acceptors (Lipinski definition) is 12. The quantitative estimate of drug-likeness (QED) is 0.0355. The van der Waals surface area contributed by atoms with Crippen LogP contribution in [-0.4, -0.2) is 127 Å². The van der Waals surface area contributed by atoms with E-state index in [-0.39, 0.29) is 53.4 Å². The number of methoxy groups -OCH3 is 1. The Labute approximate surface area is 443 Å². The molecule has 11 atom stereocenters. The van der Waals surface area contributed by atoms with Gasteiger partial charge in [-0.05, 0) is 86.2 Å². The molecule has 16 heteroatoms. The van der Waals surface area contributed by atoms with Crippen LogP contribution in [0.1, 0.15) is 103 Å². The van der Waals surface area contributed by atoms with Gasteiger partial charge in [0.1, 0.15) is 43.6 Å². The Morgan fingerprint density at radius 2 is 1.25 bits per heavy atom. The number of hydrogen-bond donors (Lipinski definition) is 0. The number of allylic oxidation sites excluding steroid dienone is 4. The second-order valence-corrected chi connectivity index (χ2v) is 47.1. The van der Waals surface area contributed by atoms with Crippen LogP contribution in [0.15, 0.2) is 35.5 Å². The van der Waals surface area contributed by atoms with Crippen LogP contribution in [0.2, 0.25) is 87.6 Å². The number of ether oxygens (including phenoxy) is 6. The molecule has 0 N–H and O–H groups in total. The molecule has 0 radical (unpaired) electrons. The van der Waals surface area contributed by atoms with Crippen LogP contribution in [0.25, 0.3) is 0 Å². The van der Waals surface area contributed by atoms with Crippen molar-refractivity contribution >= 4 is 56.1 Å². The molecule has 0 spiro atoms. The highest BCUT2D eigenvalue weighted by Crippen LogP contribution is 2.42. The standard InChI is InChI=1S/C56H106O12Si4/c1-26-27-38(2)32-40(4)51(66-37-63-29-31-70(19,20)21)45-35-64-54(60)53(68-72(24,25)56(12,13)14)52(61-15)44(8)48(58)43(7)50(67-71(22,23)55(9,10)11)41(5)33-39(3)46(57)34-47(42(6)49(45)59)65-36-62-28-30-69(16,17)18/h26-27,32-33,38-39,42-45,47,50-53H,28-31,34-37H2,1-25H3/b27-26-,40-32+,41-33+/t38-,39-,42+,43-,44+,45-,47-,50-,51?,52-,53+/m0/s1. The maximum atomic E-state index is 15.6. The fourth-order valence-corrected chi connectivity index (χ4v) is 12.3. The van der Waals surface area contributed by atoms with Gasteiger partial charge in [0.2, 0.25) is 0 Å². The first-order valence-electron chi connectivity index (χ1n) is 26.8. The van der Waals surface area contributed by atoms with Crippen molar-refractivity contribution in [2.75, 3.05) is 40.5 Å². The van der Waals surface area contributed by atoms with Crippen molar-refractivity contribution in [2.45, 2.75) is 222 Å². The van der Waals surface area contributed by atoms with Gasteiger partial charge in [0, 0.05) is 66.6 Å². The van der Waals surface area contributed by atoms with Crippen LogP contribution in [0, 0.1) is 35.5 Å². The van der Waals surface area contributed by atoms with E-state index in [1.807, 2.05) is 78.9 Å². The summed E-state index contributed by atoms with van der Waals surface area (Å²) in [6, 6.07) is 1.84. The molecule has 0 fully saturated rings. The molecule has 0 aliphatic carbocycles. The van der Waals surface area contributed by atoms with E-state index in [9.17, 15) is 4.79 Å². The van der Waals surface area contributed by atoms with Crippen LogP contribution < -0.4 is 0 Å². The predicted molar refractivity (Wildman–Crippen MR) is 305 cm³/mol. The highest BCUT2D eigenvalue weighted by Gasteiger charge is 2.49. The normalized spacial score (nSPS) is 27.8. The first-order chi connectivity index (χ1) is 32.7. The van der Waals surface area contributed by atoms with E-state index < -0.39 is 105 Å².